The van der Waals surface area contributed by atoms with Gasteiger partial charge < -0.3 is 9.88 Å². The Morgan fingerprint density at radius 2 is 1.31 bits per heavy atom. The molecule has 174 valence electrons. The van der Waals surface area contributed by atoms with E-state index < -0.39 is 23.7 Å². The van der Waals surface area contributed by atoms with Crippen LogP contribution in [0.15, 0.2) is 107 Å². The maximum absolute atomic E-state index is 13.5. The molecular weight excluding hydrogens is 442 g/mol. The first-order chi connectivity index (χ1) is 17.1. The summed E-state index contributed by atoms with van der Waals surface area (Å²) in [7, 11) is 0. The number of fused-ring (bicyclic) bond motifs is 1. The molecule has 8 nitrogen and oxygen atoms in total. The molecule has 0 radical (unpaired) electrons. The molecule has 0 unspecified atom stereocenters. The Morgan fingerprint density at radius 3 is 1.94 bits per heavy atom. The fraction of sp³-hybridized carbons (Fsp3) is 0.111. The number of amides is 1. The van der Waals surface area contributed by atoms with Crippen LogP contribution in [-0.4, -0.2) is 24.6 Å². The lowest BCUT2D eigenvalue weighted by atomic mass is 10.2. The van der Waals surface area contributed by atoms with Gasteiger partial charge in [-0.1, -0.05) is 78.9 Å². The van der Waals surface area contributed by atoms with E-state index >= 15 is 0 Å². The number of benzene rings is 3. The molecule has 0 aliphatic rings. The summed E-state index contributed by atoms with van der Waals surface area (Å²) >= 11 is 0. The standard InChI is InChI=1S/C27H23N5O3/c33-23(29-22-14-8-3-9-15-22)18-32-26(34)24-25(28-19-30(24)16-20-10-4-1-5-11-20)31(27(32)35)17-21-12-6-2-7-13-21/h1-15,19H,16-18H2,(H,29,33). The molecule has 0 saturated carbocycles. The number of imidazole rings is 1. The average molecular weight is 466 g/mol. The van der Waals surface area contributed by atoms with E-state index in [4.69, 9.17) is 0 Å². The van der Waals surface area contributed by atoms with Crippen molar-refractivity contribution >= 4 is 22.8 Å². The van der Waals surface area contributed by atoms with Gasteiger partial charge in [-0.15, -0.1) is 0 Å². The number of nitrogens with zero attached hydrogens (tertiary/aromatic N) is 4. The van der Waals surface area contributed by atoms with Crippen LogP contribution in [0.1, 0.15) is 11.1 Å². The highest BCUT2D eigenvalue weighted by atomic mass is 16.2. The molecule has 0 atom stereocenters. The first-order valence-electron chi connectivity index (χ1n) is 11.2. The Labute approximate surface area is 200 Å². The van der Waals surface area contributed by atoms with Gasteiger partial charge >= 0.3 is 5.69 Å². The van der Waals surface area contributed by atoms with Gasteiger partial charge in [-0.3, -0.25) is 14.2 Å². The quantitative estimate of drug-likeness (QED) is 0.400. The van der Waals surface area contributed by atoms with Crippen LogP contribution in [0.2, 0.25) is 0 Å². The maximum Gasteiger partial charge on any atom is 0.333 e. The molecule has 1 N–H and O–H groups in total. The van der Waals surface area contributed by atoms with Crippen molar-refractivity contribution in [3.05, 3.63) is 129 Å². The van der Waals surface area contributed by atoms with Crippen molar-refractivity contribution in [2.75, 3.05) is 5.32 Å². The second kappa shape index (κ2) is 9.64. The minimum atomic E-state index is -0.584. The minimum absolute atomic E-state index is 0.221. The number of nitrogens with one attached hydrogen (secondary N) is 1. The Bertz CT molecular complexity index is 1590. The number of hydrogen-bond acceptors (Lipinski definition) is 4. The van der Waals surface area contributed by atoms with E-state index in [2.05, 4.69) is 10.3 Å². The van der Waals surface area contributed by atoms with E-state index in [0.717, 1.165) is 15.7 Å². The molecule has 8 heteroatoms. The summed E-state index contributed by atoms with van der Waals surface area (Å²) in [5.41, 5.74) is 1.89. The molecule has 3 aromatic carbocycles. The average Bonchev–Trinajstić information content (AvgIpc) is 3.30. The Balaban J connectivity index is 1.60. The summed E-state index contributed by atoms with van der Waals surface area (Å²) in [5.74, 6) is -0.463. The summed E-state index contributed by atoms with van der Waals surface area (Å²) in [4.78, 5) is 44.2. The van der Waals surface area contributed by atoms with Crippen molar-refractivity contribution in [1.29, 1.82) is 0 Å². The molecule has 0 saturated heterocycles. The number of anilines is 1. The lowest BCUT2D eigenvalue weighted by Gasteiger charge is -2.13. The molecule has 0 aliphatic heterocycles. The summed E-state index contributed by atoms with van der Waals surface area (Å²) in [6, 6.07) is 28.1. The zero-order valence-corrected chi connectivity index (χ0v) is 18.9. The second-order valence-electron chi connectivity index (χ2n) is 8.19. The number of para-hydroxylation sites is 1. The van der Waals surface area contributed by atoms with Crippen LogP contribution in [0.25, 0.3) is 11.2 Å². The Morgan fingerprint density at radius 1 is 0.743 bits per heavy atom. The highest BCUT2D eigenvalue weighted by Gasteiger charge is 2.20. The third-order valence-electron chi connectivity index (χ3n) is 5.72. The van der Waals surface area contributed by atoms with E-state index in [0.29, 0.717) is 17.9 Å². The van der Waals surface area contributed by atoms with Crippen molar-refractivity contribution in [3.8, 4) is 0 Å². The second-order valence-corrected chi connectivity index (χ2v) is 8.19. The molecule has 1 amide bonds. The fourth-order valence-electron chi connectivity index (χ4n) is 4.05. The van der Waals surface area contributed by atoms with Crippen molar-refractivity contribution in [2.24, 2.45) is 0 Å². The lowest BCUT2D eigenvalue weighted by Crippen LogP contribution is -2.43. The van der Waals surface area contributed by atoms with Crippen molar-refractivity contribution < 1.29 is 4.79 Å². The van der Waals surface area contributed by atoms with Crippen LogP contribution in [0.5, 0.6) is 0 Å². The first-order valence-corrected chi connectivity index (χ1v) is 11.2. The largest absolute Gasteiger partial charge is 0.333 e. The van der Waals surface area contributed by atoms with Gasteiger partial charge in [-0.05, 0) is 23.3 Å². The number of hydrogen-bond donors (Lipinski definition) is 1. The van der Waals surface area contributed by atoms with Gasteiger partial charge in [-0.25, -0.2) is 14.3 Å². The molecular formula is C27H23N5O3. The highest BCUT2D eigenvalue weighted by molar-refractivity contribution is 5.90. The summed E-state index contributed by atoms with van der Waals surface area (Å²) in [6.07, 6.45) is 1.56. The molecule has 0 bridgehead atoms. The monoisotopic (exact) mass is 465 g/mol. The first kappa shape index (κ1) is 22.1. The van der Waals surface area contributed by atoms with E-state index in [-0.39, 0.29) is 12.1 Å². The lowest BCUT2D eigenvalue weighted by molar-refractivity contribution is -0.116. The van der Waals surface area contributed by atoms with Crippen LogP contribution in [0, 0.1) is 0 Å². The van der Waals surface area contributed by atoms with Gasteiger partial charge in [0.25, 0.3) is 5.56 Å². The Kier molecular flexibility index (Phi) is 6.09. The smallest absolute Gasteiger partial charge is 0.325 e. The molecule has 2 heterocycles. The van der Waals surface area contributed by atoms with Crippen LogP contribution >= 0.6 is 0 Å². The van der Waals surface area contributed by atoms with E-state index in [1.54, 1.807) is 35.2 Å². The highest BCUT2D eigenvalue weighted by Crippen LogP contribution is 2.12. The fourth-order valence-corrected chi connectivity index (χ4v) is 4.05. The predicted molar refractivity (Wildman–Crippen MR) is 134 cm³/mol. The van der Waals surface area contributed by atoms with Crippen molar-refractivity contribution in [2.45, 2.75) is 19.6 Å². The molecule has 2 aromatic heterocycles. The van der Waals surface area contributed by atoms with Gasteiger partial charge in [-0.2, -0.15) is 0 Å². The normalized spacial score (nSPS) is 11.0. The molecule has 0 fully saturated rings. The van der Waals surface area contributed by atoms with Crippen molar-refractivity contribution in [3.63, 3.8) is 0 Å². The van der Waals surface area contributed by atoms with Crippen molar-refractivity contribution in [1.82, 2.24) is 18.7 Å². The molecule has 35 heavy (non-hydrogen) atoms. The van der Waals surface area contributed by atoms with Gasteiger partial charge in [0.1, 0.15) is 6.54 Å². The minimum Gasteiger partial charge on any atom is -0.325 e. The zero-order chi connectivity index (χ0) is 24.2. The summed E-state index contributed by atoms with van der Waals surface area (Å²) < 4.78 is 4.15. The number of carbonyl (C=O) groups is 1. The number of rotatable bonds is 7. The van der Waals surface area contributed by atoms with Crippen LogP contribution < -0.4 is 16.6 Å². The van der Waals surface area contributed by atoms with Gasteiger partial charge in [0.2, 0.25) is 5.91 Å². The van der Waals surface area contributed by atoms with E-state index in [1.807, 2.05) is 66.7 Å². The van der Waals surface area contributed by atoms with Gasteiger partial charge in [0.15, 0.2) is 11.2 Å². The third kappa shape index (κ3) is 4.67. The van der Waals surface area contributed by atoms with Crippen LogP contribution in [0.3, 0.4) is 0 Å². The topological polar surface area (TPSA) is 90.9 Å². The van der Waals surface area contributed by atoms with E-state index in [1.165, 1.54) is 4.57 Å². The number of aromatic nitrogens is 4. The molecule has 0 aliphatic carbocycles. The molecule has 5 rings (SSSR count). The molecule has 0 spiro atoms. The number of carbonyl (C=O) groups excluding carboxylic acids is 1. The summed E-state index contributed by atoms with van der Waals surface area (Å²) in [6.45, 7) is 0.221. The van der Waals surface area contributed by atoms with Crippen LogP contribution in [0.4, 0.5) is 5.69 Å². The van der Waals surface area contributed by atoms with Gasteiger partial charge in [0, 0.05) is 12.2 Å². The zero-order valence-electron chi connectivity index (χ0n) is 18.9. The predicted octanol–water partition coefficient (Wildman–Crippen LogP) is 3.10. The SMILES string of the molecule is O=C(Cn1c(=O)c2c(ncn2Cc2ccccc2)n(Cc2ccccc2)c1=O)Nc1ccccc1. The Hall–Kier alpha value is -4.72. The van der Waals surface area contributed by atoms with E-state index in [9.17, 15) is 14.4 Å². The third-order valence-corrected chi connectivity index (χ3v) is 5.72. The molecule has 5 aromatic rings. The summed E-state index contributed by atoms with van der Waals surface area (Å²) in [5, 5.41) is 2.74. The maximum atomic E-state index is 13.5. The van der Waals surface area contributed by atoms with Crippen LogP contribution in [-0.2, 0) is 24.4 Å². The van der Waals surface area contributed by atoms with Gasteiger partial charge in [0.05, 0.1) is 12.9 Å².